The van der Waals surface area contributed by atoms with Crippen LogP contribution in [0.25, 0.3) is 22.2 Å². The molecule has 1 aliphatic rings. The first-order chi connectivity index (χ1) is 16.1. The zero-order valence-corrected chi connectivity index (χ0v) is 21.5. The molecule has 0 bridgehead atoms. The molecule has 5 nitrogen and oxygen atoms in total. The second-order valence-corrected chi connectivity index (χ2v) is 7.87. The molecular weight excluding hydrogens is 413 g/mol. The number of hydrogen-bond acceptors (Lipinski definition) is 4. The monoisotopic (exact) mass is 457 g/mol. The lowest BCUT2D eigenvalue weighted by Gasteiger charge is -2.24. The molecule has 0 spiro atoms. The number of fused-ring (bicyclic) bond motifs is 2. The van der Waals surface area contributed by atoms with Crippen LogP contribution in [-0.4, -0.2) is 27.7 Å². The molecule has 3 aromatic rings. The van der Waals surface area contributed by atoms with Crippen LogP contribution in [0, 0.1) is 11.7 Å². The number of nitrogens with zero attached hydrogens (tertiary/aromatic N) is 3. The molecule has 6 heteroatoms. The molecule has 1 unspecified atom stereocenters. The van der Waals surface area contributed by atoms with Crippen molar-refractivity contribution >= 4 is 28.4 Å². The highest BCUT2D eigenvalue weighted by Gasteiger charge is 2.33. The Morgan fingerprint density at radius 3 is 2.39 bits per heavy atom. The number of halogens is 1. The second kappa shape index (κ2) is 12.5. The van der Waals surface area contributed by atoms with Crippen LogP contribution in [0.5, 0.6) is 0 Å². The Kier molecular flexibility index (Phi) is 10.0. The fraction of sp³-hybridized carbons (Fsp3) is 0.519. The molecule has 2 aromatic heterocycles. The van der Waals surface area contributed by atoms with Crippen molar-refractivity contribution in [3.63, 3.8) is 0 Å². The van der Waals surface area contributed by atoms with Crippen LogP contribution in [0.1, 0.15) is 88.5 Å². The van der Waals surface area contributed by atoms with Crippen molar-refractivity contribution < 1.29 is 7.24 Å². The van der Waals surface area contributed by atoms with Gasteiger partial charge in [0.2, 0.25) is 5.95 Å². The minimum absolute atomic E-state index is 0. The third-order valence-corrected chi connectivity index (χ3v) is 5.92. The van der Waals surface area contributed by atoms with Crippen LogP contribution in [0.15, 0.2) is 29.5 Å². The summed E-state index contributed by atoms with van der Waals surface area (Å²) < 4.78 is 15.1. The molecule has 1 aliphatic heterocycles. The summed E-state index contributed by atoms with van der Waals surface area (Å²) in [6.07, 6.45) is 8.17. The van der Waals surface area contributed by atoms with Crippen molar-refractivity contribution in [1.82, 2.24) is 15.0 Å². The minimum Gasteiger partial charge on any atom is -0.357 e. The van der Waals surface area contributed by atoms with Crippen molar-refractivity contribution in [1.29, 1.82) is 0 Å². The number of H-pyrrole nitrogens is 1. The molecule has 0 fully saturated rings. The van der Waals surface area contributed by atoms with Crippen LogP contribution in [0.2, 0.25) is 0 Å². The van der Waals surface area contributed by atoms with E-state index in [1.54, 1.807) is 19.3 Å². The highest BCUT2D eigenvalue weighted by molar-refractivity contribution is 5.99. The highest BCUT2D eigenvalue weighted by Crippen LogP contribution is 2.46. The van der Waals surface area contributed by atoms with Gasteiger partial charge in [-0.1, -0.05) is 54.4 Å². The molecule has 2 N–H and O–H groups in total. The predicted octanol–water partition coefficient (Wildman–Crippen LogP) is 8.76. The molecule has 1 aromatic carbocycles. The van der Waals surface area contributed by atoms with Crippen LogP contribution < -0.4 is 5.32 Å². The van der Waals surface area contributed by atoms with Gasteiger partial charge >= 0.3 is 0 Å². The molecule has 0 aliphatic carbocycles. The molecular formula is C27H44FN5. The lowest BCUT2D eigenvalue weighted by Crippen LogP contribution is -2.17. The fourth-order valence-corrected chi connectivity index (χ4v) is 4.68. The maximum atomic E-state index is 15.1. The van der Waals surface area contributed by atoms with Gasteiger partial charge in [-0.15, -0.1) is 0 Å². The number of benzene rings is 1. The van der Waals surface area contributed by atoms with E-state index in [1.165, 1.54) is 0 Å². The standard InChI is InChI=1S/C23H28FN5.2C2H6.2H2/c1-5-7-14(8-6-2)20-13(3)28-21-16(20)9-15(10-19(21)24)17-11-26-22-18(17)12-27-23(25-4)29-22;2*1-2;;/h9-12,14,20H,5-8H2,1-4H3,(H2,25,26,27,29);2*1-2H3;2*1H. The van der Waals surface area contributed by atoms with Gasteiger partial charge in [0.15, 0.2) is 0 Å². The summed E-state index contributed by atoms with van der Waals surface area (Å²) in [7, 11) is 1.78. The van der Waals surface area contributed by atoms with Gasteiger partial charge in [0.1, 0.15) is 17.2 Å². The van der Waals surface area contributed by atoms with Crippen molar-refractivity contribution in [3.8, 4) is 11.1 Å². The number of aromatic nitrogens is 3. The van der Waals surface area contributed by atoms with E-state index < -0.39 is 0 Å². The number of nitrogens with one attached hydrogen (secondary N) is 2. The number of anilines is 1. The van der Waals surface area contributed by atoms with Gasteiger partial charge in [0, 0.05) is 44.9 Å². The summed E-state index contributed by atoms with van der Waals surface area (Å²) in [5.74, 6) is 0.983. The topological polar surface area (TPSA) is 66.0 Å². The van der Waals surface area contributed by atoms with Crippen LogP contribution in [0.4, 0.5) is 16.0 Å². The van der Waals surface area contributed by atoms with Gasteiger partial charge in [-0.3, -0.25) is 4.99 Å². The lowest BCUT2D eigenvalue weighted by atomic mass is 9.78. The summed E-state index contributed by atoms with van der Waals surface area (Å²) in [4.78, 5) is 16.6. The SMILES string of the molecule is CC.CC.CCCC(CCC)C1C(C)=Nc2c(F)cc(-c3c[nH]c4nc(NC)ncc34)cc21.[HH].[HH]. The third-order valence-electron chi connectivity index (χ3n) is 5.92. The summed E-state index contributed by atoms with van der Waals surface area (Å²) in [5.41, 5.74) is 5.06. The maximum Gasteiger partial charge on any atom is 0.224 e. The summed E-state index contributed by atoms with van der Waals surface area (Å²) >= 11 is 0. The van der Waals surface area contributed by atoms with Gasteiger partial charge in [0.05, 0.1) is 0 Å². The Balaban J connectivity index is 0.00000183. The van der Waals surface area contributed by atoms with Crippen LogP contribution in [0.3, 0.4) is 0 Å². The smallest absolute Gasteiger partial charge is 0.224 e. The first kappa shape index (κ1) is 26.5. The van der Waals surface area contributed by atoms with Crippen molar-refractivity contribution in [2.45, 2.75) is 80.1 Å². The van der Waals surface area contributed by atoms with Crippen molar-refractivity contribution in [2.24, 2.45) is 10.9 Å². The summed E-state index contributed by atoms with van der Waals surface area (Å²) in [6, 6.07) is 3.71. The normalized spacial score (nSPS) is 14.2. The van der Waals surface area contributed by atoms with Crippen molar-refractivity contribution in [2.75, 3.05) is 12.4 Å². The van der Waals surface area contributed by atoms with E-state index in [9.17, 15) is 0 Å². The average Bonchev–Trinajstić information content (AvgIpc) is 3.41. The molecule has 184 valence electrons. The molecule has 0 saturated heterocycles. The number of rotatable bonds is 7. The Labute approximate surface area is 201 Å². The van der Waals surface area contributed by atoms with Gasteiger partial charge in [-0.2, -0.15) is 4.98 Å². The van der Waals surface area contributed by atoms with E-state index in [0.29, 0.717) is 17.6 Å². The molecule has 33 heavy (non-hydrogen) atoms. The van der Waals surface area contributed by atoms with E-state index in [2.05, 4.69) is 45.2 Å². The van der Waals surface area contributed by atoms with E-state index in [1.807, 2.05) is 40.8 Å². The number of hydrogen-bond donors (Lipinski definition) is 2. The first-order valence-corrected chi connectivity index (χ1v) is 12.5. The predicted molar refractivity (Wildman–Crippen MR) is 145 cm³/mol. The molecule has 0 amide bonds. The minimum atomic E-state index is -0.256. The lowest BCUT2D eigenvalue weighted by molar-refractivity contribution is 0.418. The third kappa shape index (κ3) is 5.43. The van der Waals surface area contributed by atoms with Gasteiger partial charge < -0.3 is 10.3 Å². The van der Waals surface area contributed by atoms with Gasteiger partial charge in [0.25, 0.3) is 0 Å². The second-order valence-electron chi connectivity index (χ2n) is 7.87. The number of aromatic amines is 1. The Morgan fingerprint density at radius 2 is 1.79 bits per heavy atom. The molecule has 0 radical (unpaired) electrons. The fourth-order valence-electron chi connectivity index (χ4n) is 4.68. The van der Waals surface area contributed by atoms with Gasteiger partial charge in [-0.25, -0.2) is 9.37 Å². The zero-order valence-electron chi connectivity index (χ0n) is 21.5. The summed E-state index contributed by atoms with van der Waals surface area (Å²) in [6.45, 7) is 14.5. The van der Waals surface area contributed by atoms with E-state index in [0.717, 1.165) is 59.1 Å². The Hall–Kier alpha value is -2.76. The quantitative estimate of drug-likeness (QED) is 0.372. The van der Waals surface area contributed by atoms with E-state index in [-0.39, 0.29) is 14.6 Å². The van der Waals surface area contributed by atoms with Crippen molar-refractivity contribution in [3.05, 3.63) is 35.9 Å². The zero-order chi connectivity index (χ0) is 24.5. The molecule has 1 atom stereocenters. The maximum absolute atomic E-state index is 15.1. The Bertz CT molecular complexity index is 1070. The molecule has 4 rings (SSSR count). The van der Waals surface area contributed by atoms with E-state index >= 15 is 4.39 Å². The molecule has 0 saturated carbocycles. The van der Waals surface area contributed by atoms with E-state index in [4.69, 9.17) is 0 Å². The highest BCUT2D eigenvalue weighted by atomic mass is 19.1. The first-order valence-electron chi connectivity index (χ1n) is 12.5. The molecule has 3 heterocycles. The van der Waals surface area contributed by atoms with Crippen LogP contribution in [-0.2, 0) is 0 Å². The average molecular weight is 458 g/mol. The Morgan fingerprint density at radius 1 is 1.12 bits per heavy atom. The largest absolute Gasteiger partial charge is 0.357 e. The number of aliphatic imine (C=N–C) groups is 1. The van der Waals surface area contributed by atoms with Crippen LogP contribution >= 0.6 is 0 Å². The summed E-state index contributed by atoms with van der Waals surface area (Å²) in [5, 5.41) is 3.82. The van der Waals surface area contributed by atoms with Gasteiger partial charge in [-0.05, 0) is 48.9 Å².